The molecule has 1 heterocycles. The Kier molecular flexibility index (Phi) is 3.83. The van der Waals surface area contributed by atoms with E-state index in [4.69, 9.17) is 0 Å². The van der Waals surface area contributed by atoms with Crippen LogP contribution in [0.3, 0.4) is 0 Å². The van der Waals surface area contributed by atoms with Gasteiger partial charge in [-0.25, -0.2) is 0 Å². The van der Waals surface area contributed by atoms with E-state index in [-0.39, 0.29) is 0 Å². The van der Waals surface area contributed by atoms with Crippen molar-refractivity contribution in [3.63, 3.8) is 0 Å². The minimum atomic E-state index is 0.496. The Morgan fingerprint density at radius 3 is 1.44 bits per heavy atom. The summed E-state index contributed by atoms with van der Waals surface area (Å²) in [5.41, 5.74) is 1.42. The summed E-state index contributed by atoms with van der Waals surface area (Å²) in [4.78, 5) is 0. The molecule has 88 valence electrons. The first kappa shape index (κ1) is 12.0. The molecule has 0 aromatic carbocycles. The van der Waals surface area contributed by atoms with Crippen LogP contribution in [0, 0.1) is 0 Å². The Hall–Kier alpha value is -1.04. The van der Waals surface area contributed by atoms with E-state index >= 15 is 0 Å². The predicted molar refractivity (Wildman–Crippen MR) is 80.4 cm³/mol. The van der Waals surface area contributed by atoms with E-state index < -0.39 is 0 Å². The standard InChI is InChI=1S/C16H12Se2/c1-2-6-10-13(9-5-1)16-17-14-11-7-3-4-8-12-15(14)18-16/h1-12H. The van der Waals surface area contributed by atoms with Gasteiger partial charge in [-0.15, -0.1) is 0 Å². The van der Waals surface area contributed by atoms with Crippen LogP contribution in [0.1, 0.15) is 0 Å². The Morgan fingerprint density at radius 2 is 0.944 bits per heavy atom. The van der Waals surface area contributed by atoms with Gasteiger partial charge in [-0.2, -0.15) is 0 Å². The third kappa shape index (κ3) is 2.68. The van der Waals surface area contributed by atoms with Gasteiger partial charge in [0.25, 0.3) is 0 Å². The van der Waals surface area contributed by atoms with Crippen LogP contribution in [0.4, 0.5) is 0 Å². The zero-order chi connectivity index (χ0) is 12.2. The molecular weight excluding hydrogens is 350 g/mol. The fraction of sp³-hybridized carbons (Fsp3) is 0. The van der Waals surface area contributed by atoms with Crippen molar-refractivity contribution in [1.29, 1.82) is 0 Å². The third-order valence-electron chi connectivity index (χ3n) is 2.60. The zero-order valence-electron chi connectivity index (χ0n) is 9.74. The van der Waals surface area contributed by atoms with Gasteiger partial charge >= 0.3 is 121 Å². The summed E-state index contributed by atoms with van der Waals surface area (Å²) < 4.78 is 4.74. The van der Waals surface area contributed by atoms with Crippen LogP contribution >= 0.6 is 0 Å². The van der Waals surface area contributed by atoms with Crippen molar-refractivity contribution in [1.82, 2.24) is 0 Å². The molecule has 0 N–H and O–H groups in total. The number of allylic oxidation sites excluding steroid dienone is 15. The molecule has 0 saturated carbocycles. The molecule has 0 fully saturated rings. The van der Waals surface area contributed by atoms with Crippen molar-refractivity contribution in [2.45, 2.75) is 0 Å². The summed E-state index contributed by atoms with van der Waals surface area (Å²) in [6.45, 7) is 0. The van der Waals surface area contributed by atoms with Crippen molar-refractivity contribution in [3.8, 4) is 0 Å². The van der Waals surface area contributed by atoms with Gasteiger partial charge in [-0.1, -0.05) is 0 Å². The van der Waals surface area contributed by atoms with Crippen LogP contribution in [0.2, 0.25) is 0 Å². The minimum absolute atomic E-state index is 0.496. The quantitative estimate of drug-likeness (QED) is 0.581. The molecule has 2 heteroatoms. The molecule has 0 spiro atoms. The van der Waals surface area contributed by atoms with Crippen molar-refractivity contribution in [2.24, 2.45) is 0 Å². The Labute approximate surface area is 120 Å². The SMILES string of the molecule is C1=CC=CC(=C2[Se]C3=C(C=CC=CC=C3)[Se]2)C=C1. The summed E-state index contributed by atoms with van der Waals surface area (Å²) in [5.74, 6) is 0. The maximum atomic E-state index is 2.28. The van der Waals surface area contributed by atoms with E-state index in [0.717, 1.165) is 0 Å². The van der Waals surface area contributed by atoms with E-state index in [1.165, 1.54) is 5.57 Å². The first-order chi connectivity index (χ1) is 8.93. The molecule has 1 aliphatic heterocycles. The second-order valence-electron chi connectivity index (χ2n) is 3.88. The summed E-state index contributed by atoms with van der Waals surface area (Å²) in [6.07, 6.45) is 26.0. The summed E-state index contributed by atoms with van der Waals surface area (Å²) in [7, 11) is 0. The van der Waals surface area contributed by atoms with Crippen LogP contribution in [0.25, 0.3) is 0 Å². The van der Waals surface area contributed by atoms with Gasteiger partial charge in [0.15, 0.2) is 0 Å². The maximum absolute atomic E-state index is 2.28. The first-order valence-corrected chi connectivity index (χ1v) is 9.23. The third-order valence-corrected chi connectivity index (χ3v) is 9.25. The van der Waals surface area contributed by atoms with E-state index in [9.17, 15) is 0 Å². The second kappa shape index (κ2) is 5.73. The number of rotatable bonds is 0. The monoisotopic (exact) mass is 364 g/mol. The molecule has 0 radical (unpaired) electrons. The van der Waals surface area contributed by atoms with Crippen molar-refractivity contribution in [2.75, 3.05) is 0 Å². The van der Waals surface area contributed by atoms with Gasteiger partial charge in [0.1, 0.15) is 0 Å². The average Bonchev–Trinajstić information content (AvgIpc) is 2.61. The van der Waals surface area contributed by atoms with Crippen LogP contribution in [-0.2, 0) is 0 Å². The van der Waals surface area contributed by atoms with E-state index in [2.05, 4.69) is 72.9 Å². The molecule has 0 nitrogen and oxygen atoms in total. The molecule has 0 aromatic heterocycles. The van der Waals surface area contributed by atoms with Crippen molar-refractivity contribution < 1.29 is 0 Å². The number of hydrogen-bond acceptors (Lipinski definition) is 0. The fourth-order valence-electron chi connectivity index (χ4n) is 1.72. The molecule has 18 heavy (non-hydrogen) atoms. The summed E-state index contributed by atoms with van der Waals surface area (Å²) in [5, 5.41) is 0. The topological polar surface area (TPSA) is 0 Å². The Balaban J connectivity index is 1.92. The molecule has 0 aromatic rings. The van der Waals surface area contributed by atoms with Crippen LogP contribution in [-0.4, -0.2) is 29.9 Å². The number of hydrogen-bond donors (Lipinski definition) is 0. The molecule has 0 atom stereocenters. The van der Waals surface area contributed by atoms with Crippen molar-refractivity contribution >= 4 is 29.9 Å². The van der Waals surface area contributed by atoms with E-state index in [0.29, 0.717) is 29.9 Å². The Bertz CT molecular complexity index is 543. The van der Waals surface area contributed by atoms with Gasteiger partial charge in [0, 0.05) is 0 Å². The van der Waals surface area contributed by atoms with Gasteiger partial charge in [-0.05, 0) is 0 Å². The van der Waals surface area contributed by atoms with E-state index in [1.807, 2.05) is 0 Å². The van der Waals surface area contributed by atoms with Gasteiger partial charge in [-0.3, -0.25) is 0 Å². The first-order valence-electron chi connectivity index (χ1n) is 5.80. The molecule has 3 rings (SSSR count). The zero-order valence-corrected chi connectivity index (χ0v) is 13.2. The molecule has 0 unspecified atom stereocenters. The van der Waals surface area contributed by atoms with Gasteiger partial charge < -0.3 is 0 Å². The molecule has 0 bridgehead atoms. The van der Waals surface area contributed by atoms with Gasteiger partial charge in [0.05, 0.1) is 0 Å². The molecule has 0 amide bonds. The van der Waals surface area contributed by atoms with Crippen LogP contribution in [0.15, 0.2) is 90.8 Å². The normalized spacial score (nSPS) is 21.3. The summed E-state index contributed by atoms with van der Waals surface area (Å²) in [6, 6.07) is 0. The average molecular weight is 362 g/mol. The van der Waals surface area contributed by atoms with Gasteiger partial charge in [0.2, 0.25) is 0 Å². The van der Waals surface area contributed by atoms with E-state index in [1.54, 1.807) is 12.3 Å². The second-order valence-corrected chi connectivity index (χ2v) is 9.61. The fourth-order valence-corrected chi connectivity index (χ4v) is 8.36. The molecule has 2 aliphatic carbocycles. The Morgan fingerprint density at radius 1 is 0.500 bits per heavy atom. The molecule has 0 saturated heterocycles. The van der Waals surface area contributed by atoms with Crippen LogP contribution in [0.5, 0.6) is 0 Å². The molecular formula is C16H12Se2. The predicted octanol–water partition coefficient (Wildman–Crippen LogP) is 3.20. The molecule has 3 aliphatic rings. The summed E-state index contributed by atoms with van der Waals surface area (Å²) >= 11 is 0.991. The van der Waals surface area contributed by atoms with Crippen LogP contribution < -0.4 is 0 Å². The van der Waals surface area contributed by atoms with Crippen molar-refractivity contribution in [3.05, 3.63) is 90.8 Å².